The maximum Gasteiger partial charge on any atom is 0.371 e. The van der Waals surface area contributed by atoms with Gasteiger partial charge in [-0.15, -0.1) is 0 Å². The maximum absolute atomic E-state index is 12.3. The number of carbonyl (C=O) groups excluding carboxylic acids is 1. The standard InChI is InChI=1S/C16H12ClNO6S/c17-11-4-2-6-13(8-11)25(23,24)18-12-5-1-3-10(7-12)14(19)9-15(20)16(21)22/h1-9,18,20H,(H,21,22). The number of anilines is 1. The van der Waals surface area contributed by atoms with E-state index in [-0.39, 0.29) is 21.2 Å². The van der Waals surface area contributed by atoms with Crippen LogP contribution < -0.4 is 4.72 Å². The van der Waals surface area contributed by atoms with Gasteiger partial charge in [-0.05, 0) is 30.3 Å². The highest BCUT2D eigenvalue weighted by molar-refractivity contribution is 7.92. The number of ketones is 1. The molecule has 25 heavy (non-hydrogen) atoms. The van der Waals surface area contributed by atoms with E-state index in [1.165, 1.54) is 48.5 Å². The second-order valence-corrected chi connectivity index (χ2v) is 6.96. The fraction of sp³-hybridized carbons (Fsp3) is 0. The highest BCUT2D eigenvalue weighted by Gasteiger charge is 2.16. The zero-order valence-electron chi connectivity index (χ0n) is 12.5. The second kappa shape index (κ2) is 7.37. The third-order valence-corrected chi connectivity index (χ3v) is 4.61. The first-order valence-corrected chi connectivity index (χ1v) is 8.62. The van der Waals surface area contributed by atoms with Crippen LogP contribution in [0.2, 0.25) is 5.02 Å². The summed E-state index contributed by atoms with van der Waals surface area (Å²) >= 11 is 5.78. The summed E-state index contributed by atoms with van der Waals surface area (Å²) in [5, 5.41) is 17.9. The molecule has 2 aromatic carbocycles. The predicted octanol–water partition coefficient (Wildman–Crippen LogP) is 2.85. The van der Waals surface area contributed by atoms with Crippen molar-refractivity contribution in [1.82, 2.24) is 0 Å². The molecule has 0 amide bonds. The molecular weight excluding hydrogens is 370 g/mol. The Morgan fingerprint density at radius 1 is 1.04 bits per heavy atom. The van der Waals surface area contributed by atoms with Crippen LogP contribution in [0.15, 0.2) is 65.3 Å². The van der Waals surface area contributed by atoms with Gasteiger partial charge < -0.3 is 10.2 Å². The van der Waals surface area contributed by atoms with E-state index >= 15 is 0 Å². The van der Waals surface area contributed by atoms with Crippen LogP contribution in [0.4, 0.5) is 5.69 Å². The lowest BCUT2D eigenvalue weighted by molar-refractivity contribution is -0.135. The van der Waals surface area contributed by atoms with Gasteiger partial charge in [-0.1, -0.05) is 29.8 Å². The summed E-state index contributed by atoms with van der Waals surface area (Å²) in [5.74, 6) is -3.55. The number of allylic oxidation sites excluding steroid dienone is 1. The zero-order valence-corrected chi connectivity index (χ0v) is 14.1. The van der Waals surface area contributed by atoms with E-state index in [0.717, 1.165) is 0 Å². The van der Waals surface area contributed by atoms with Gasteiger partial charge in [0.2, 0.25) is 5.76 Å². The molecule has 0 radical (unpaired) electrons. The molecule has 0 saturated heterocycles. The van der Waals surface area contributed by atoms with Gasteiger partial charge in [-0.2, -0.15) is 0 Å². The van der Waals surface area contributed by atoms with Gasteiger partial charge in [0.15, 0.2) is 5.78 Å². The minimum atomic E-state index is -3.92. The summed E-state index contributed by atoms with van der Waals surface area (Å²) in [6, 6.07) is 11.0. The quantitative estimate of drug-likeness (QED) is 0.402. The van der Waals surface area contributed by atoms with Gasteiger partial charge in [-0.3, -0.25) is 9.52 Å². The van der Waals surface area contributed by atoms with Crippen LogP contribution in [0.1, 0.15) is 10.4 Å². The van der Waals surface area contributed by atoms with Crippen molar-refractivity contribution >= 4 is 39.1 Å². The average molecular weight is 382 g/mol. The number of halogens is 1. The molecule has 2 aromatic rings. The first-order valence-electron chi connectivity index (χ1n) is 6.76. The largest absolute Gasteiger partial charge is 0.502 e. The first-order chi connectivity index (χ1) is 11.7. The number of benzene rings is 2. The molecule has 9 heteroatoms. The minimum Gasteiger partial charge on any atom is -0.502 e. The molecule has 0 saturated carbocycles. The van der Waals surface area contributed by atoms with Crippen LogP contribution in [0.3, 0.4) is 0 Å². The van der Waals surface area contributed by atoms with Crippen molar-refractivity contribution in [2.45, 2.75) is 4.90 Å². The van der Waals surface area contributed by atoms with Crippen LogP contribution in [-0.4, -0.2) is 30.4 Å². The number of carboxylic acids is 1. The fourth-order valence-corrected chi connectivity index (χ4v) is 3.20. The monoisotopic (exact) mass is 381 g/mol. The smallest absolute Gasteiger partial charge is 0.371 e. The van der Waals surface area contributed by atoms with E-state index in [1.54, 1.807) is 0 Å². The van der Waals surface area contributed by atoms with E-state index in [0.29, 0.717) is 6.08 Å². The Morgan fingerprint density at radius 3 is 2.36 bits per heavy atom. The average Bonchev–Trinajstić information content (AvgIpc) is 2.54. The Bertz CT molecular complexity index is 968. The van der Waals surface area contributed by atoms with E-state index in [1.807, 2.05) is 0 Å². The number of rotatable bonds is 6. The number of aliphatic hydroxyl groups excluding tert-OH is 1. The number of sulfonamides is 1. The summed E-state index contributed by atoms with van der Waals surface area (Å²) in [4.78, 5) is 22.4. The van der Waals surface area contributed by atoms with Crippen LogP contribution in [0.25, 0.3) is 0 Å². The highest BCUT2D eigenvalue weighted by Crippen LogP contribution is 2.20. The number of hydrogen-bond donors (Lipinski definition) is 3. The van der Waals surface area contributed by atoms with Gasteiger partial charge in [-0.25, -0.2) is 13.2 Å². The van der Waals surface area contributed by atoms with Crippen LogP contribution in [0, 0.1) is 0 Å². The molecule has 0 aliphatic heterocycles. The molecule has 0 fully saturated rings. The first kappa shape index (κ1) is 18.5. The lowest BCUT2D eigenvalue weighted by atomic mass is 10.1. The van der Waals surface area contributed by atoms with Gasteiger partial charge in [0, 0.05) is 22.3 Å². The highest BCUT2D eigenvalue weighted by atomic mass is 35.5. The van der Waals surface area contributed by atoms with Crippen molar-refractivity contribution in [3.05, 3.63) is 71.0 Å². The number of carbonyl (C=O) groups is 2. The molecule has 0 aliphatic carbocycles. The van der Waals surface area contributed by atoms with Crippen LogP contribution >= 0.6 is 11.6 Å². The Morgan fingerprint density at radius 2 is 1.72 bits per heavy atom. The Balaban J connectivity index is 2.29. The third kappa shape index (κ3) is 4.82. The van der Waals surface area contributed by atoms with Crippen molar-refractivity contribution in [1.29, 1.82) is 0 Å². The lowest BCUT2D eigenvalue weighted by Gasteiger charge is -2.09. The van der Waals surface area contributed by atoms with Crippen molar-refractivity contribution in [3.63, 3.8) is 0 Å². The fourth-order valence-electron chi connectivity index (χ4n) is 1.85. The molecule has 2 rings (SSSR count). The summed E-state index contributed by atoms with van der Waals surface area (Å²) in [6.45, 7) is 0. The summed E-state index contributed by atoms with van der Waals surface area (Å²) in [7, 11) is -3.92. The van der Waals surface area contributed by atoms with Gasteiger partial charge in [0.1, 0.15) is 0 Å². The van der Waals surface area contributed by atoms with E-state index in [2.05, 4.69) is 4.72 Å². The van der Waals surface area contributed by atoms with E-state index in [4.69, 9.17) is 21.8 Å². The van der Waals surface area contributed by atoms with Gasteiger partial charge in [0.05, 0.1) is 4.90 Å². The van der Waals surface area contributed by atoms with Crippen molar-refractivity contribution in [2.24, 2.45) is 0 Å². The molecule has 0 bridgehead atoms. The molecule has 7 nitrogen and oxygen atoms in total. The Labute approximate surface area is 148 Å². The topological polar surface area (TPSA) is 121 Å². The van der Waals surface area contributed by atoms with Gasteiger partial charge >= 0.3 is 5.97 Å². The van der Waals surface area contributed by atoms with Crippen LogP contribution in [-0.2, 0) is 14.8 Å². The molecule has 0 unspecified atom stereocenters. The van der Waals surface area contributed by atoms with Crippen LogP contribution in [0.5, 0.6) is 0 Å². The number of hydrogen-bond acceptors (Lipinski definition) is 5. The lowest BCUT2D eigenvalue weighted by Crippen LogP contribution is -2.13. The molecule has 0 heterocycles. The zero-order chi connectivity index (χ0) is 18.6. The normalized spacial score (nSPS) is 11.8. The second-order valence-electron chi connectivity index (χ2n) is 4.84. The van der Waals surface area contributed by atoms with Crippen molar-refractivity contribution in [3.8, 4) is 0 Å². The Hall–Kier alpha value is -2.84. The van der Waals surface area contributed by atoms with Crippen molar-refractivity contribution < 1.29 is 28.2 Å². The molecule has 0 aliphatic rings. The SMILES string of the molecule is O=C(O)C(O)=CC(=O)c1cccc(NS(=O)(=O)c2cccc(Cl)c2)c1. The summed E-state index contributed by atoms with van der Waals surface area (Å²) in [6.07, 6.45) is 0.535. The molecule has 130 valence electrons. The molecule has 0 spiro atoms. The summed E-state index contributed by atoms with van der Waals surface area (Å²) in [5.41, 5.74) is 0.0909. The van der Waals surface area contributed by atoms with E-state index < -0.39 is 27.5 Å². The number of aliphatic carboxylic acids is 1. The Kier molecular flexibility index (Phi) is 5.45. The minimum absolute atomic E-state index is 0.000839. The van der Waals surface area contributed by atoms with Crippen molar-refractivity contribution in [2.75, 3.05) is 4.72 Å². The number of carboxylic acid groups (broad SMARTS) is 1. The molecular formula is C16H12ClNO6S. The maximum atomic E-state index is 12.3. The number of nitrogens with one attached hydrogen (secondary N) is 1. The predicted molar refractivity (Wildman–Crippen MR) is 91.4 cm³/mol. The summed E-state index contributed by atoms with van der Waals surface area (Å²) < 4.78 is 26.9. The molecule has 0 atom stereocenters. The molecule has 0 aromatic heterocycles. The van der Waals surface area contributed by atoms with E-state index in [9.17, 15) is 18.0 Å². The molecule has 3 N–H and O–H groups in total. The van der Waals surface area contributed by atoms with Gasteiger partial charge in [0.25, 0.3) is 10.0 Å². The number of aliphatic hydroxyl groups is 1. The third-order valence-electron chi connectivity index (χ3n) is 2.99.